The molecular formula is C18H17NO2. The average molecular weight is 279 g/mol. The minimum Gasteiger partial charge on any atom is -0.467 e. The fourth-order valence-corrected chi connectivity index (χ4v) is 2.03. The Labute approximate surface area is 124 Å². The Morgan fingerprint density at radius 1 is 0.905 bits per heavy atom. The second kappa shape index (κ2) is 6.18. The third-order valence-electron chi connectivity index (χ3n) is 3.25. The Balaban J connectivity index is 1.60. The lowest BCUT2D eigenvalue weighted by atomic mass is 10.2. The highest BCUT2D eigenvalue weighted by Crippen LogP contribution is 2.23. The van der Waals surface area contributed by atoms with Crippen molar-refractivity contribution >= 4 is 5.69 Å². The Bertz CT molecular complexity index is 687. The summed E-state index contributed by atoms with van der Waals surface area (Å²) in [5.41, 5.74) is 2.19. The maximum atomic E-state index is 5.76. The van der Waals surface area contributed by atoms with Crippen molar-refractivity contribution in [2.45, 2.75) is 13.5 Å². The van der Waals surface area contributed by atoms with Gasteiger partial charge in [-0.2, -0.15) is 0 Å². The van der Waals surface area contributed by atoms with Gasteiger partial charge in [-0.3, -0.25) is 0 Å². The van der Waals surface area contributed by atoms with Crippen molar-refractivity contribution in [2.24, 2.45) is 0 Å². The van der Waals surface area contributed by atoms with Crippen LogP contribution in [0.3, 0.4) is 0 Å². The van der Waals surface area contributed by atoms with Gasteiger partial charge < -0.3 is 14.5 Å². The molecule has 0 aliphatic rings. The van der Waals surface area contributed by atoms with E-state index in [1.807, 2.05) is 67.6 Å². The van der Waals surface area contributed by atoms with Gasteiger partial charge in [0.25, 0.3) is 0 Å². The number of aryl methyl sites for hydroxylation is 1. The Morgan fingerprint density at radius 3 is 2.29 bits per heavy atom. The maximum absolute atomic E-state index is 5.76. The number of benzene rings is 2. The molecule has 1 heterocycles. The summed E-state index contributed by atoms with van der Waals surface area (Å²) in [6.07, 6.45) is 1.71. The van der Waals surface area contributed by atoms with Gasteiger partial charge in [0, 0.05) is 5.69 Å². The molecule has 0 amide bonds. The monoisotopic (exact) mass is 279 g/mol. The fourth-order valence-electron chi connectivity index (χ4n) is 2.03. The molecular weight excluding hydrogens is 262 g/mol. The van der Waals surface area contributed by atoms with E-state index in [0.29, 0.717) is 6.54 Å². The van der Waals surface area contributed by atoms with Crippen molar-refractivity contribution in [2.75, 3.05) is 5.32 Å². The predicted octanol–water partition coefficient (Wildman–Crippen LogP) is 4.99. The van der Waals surface area contributed by atoms with Crippen LogP contribution in [0.15, 0.2) is 71.3 Å². The number of hydrogen-bond acceptors (Lipinski definition) is 3. The SMILES string of the molecule is Cc1ccoc1CNc1ccc(Oc2ccccc2)cc1. The molecule has 0 fully saturated rings. The summed E-state index contributed by atoms with van der Waals surface area (Å²) < 4.78 is 11.2. The quantitative estimate of drug-likeness (QED) is 0.714. The highest BCUT2D eigenvalue weighted by Gasteiger charge is 2.02. The molecule has 0 aliphatic heterocycles. The second-order valence-electron chi connectivity index (χ2n) is 4.82. The Hall–Kier alpha value is -2.68. The van der Waals surface area contributed by atoms with Gasteiger partial charge in [0.05, 0.1) is 12.8 Å². The first kappa shape index (κ1) is 13.3. The summed E-state index contributed by atoms with van der Waals surface area (Å²) in [5, 5.41) is 3.33. The van der Waals surface area contributed by atoms with E-state index in [9.17, 15) is 0 Å². The zero-order valence-electron chi connectivity index (χ0n) is 11.9. The van der Waals surface area contributed by atoms with Crippen LogP contribution in [0.1, 0.15) is 11.3 Å². The molecule has 1 aromatic heterocycles. The molecule has 2 aromatic carbocycles. The topological polar surface area (TPSA) is 34.4 Å². The zero-order valence-corrected chi connectivity index (χ0v) is 11.9. The van der Waals surface area contributed by atoms with Crippen molar-refractivity contribution < 1.29 is 9.15 Å². The predicted molar refractivity (Wildman–Crippen MR) is 83.7 cm³/mol. The van der Waals surface area contributed by atoms with Gasteiger partial charge in [0.1, 0.15) is 17.3 Å². The largest absolute Gasteiger partial charge is 0.467 e. The second-order valence-corrected chi connectivity index (χ2v) is 4.82. The standard InChI is InChI=1S/C18H17NO2/c1-14-11-12-20-18(14)13-19-15-7-9-17(10-8-15)21-16-5-3-2-4-6-16/h2-12,19H,13H2,1H3. The molecule has 0 radical (unpaired) electrons. The third kappa shape index (κ3) is 3.45. The number of rotatable bonds is 5. The van der Waals surface area contributed by atoms with Gasteiger partial charge in [0.2, 0.25) is 0 Å². The number of para-hydroxylation sites is 1. The van der Waals surface area contributed by atoms with Crippen LogP contribution in [-0.4, -0.2) is 0 Å². The van der Waals surface area contributed by atoms with Crippen LogP contribution >= 0.6 is 0 Å². The molecule has 0 saturated carbocycles. The normalized spacial score (nSPS) is 10.3. The van der Waals surface area contributed by atoms with Crippen LogP contribution in [0.5, 0.6) is 11.5 Å². The van der Waals surface area contributed by atoms with E-state index in [1.165, 1.54) is 0 Å². The molecule has 0 unspecified atom stereocenters. The summed E-state index contributed by atoms with van der Waals surface area (Å²) >= 11 is 0. The highest BCUT2D eigenvalue weighted by atomic mass is 16.5. The summed E-state index contributed by atoms with van der Waals surface area (Å²) in [7, 11) is 0. The number of ether oxygens (including phenoxy) is 1. The first-order chi connectivity index (χ1) is 10.3. The molecule has 0 spiro atoms. The van der Waals surface area contributed by atoms with Gasteiger partial charge in [0.15, 0.2) is 0 Å². The van der Waals surface area contributed by atoms with Crippen LogP contribution in [0.2, 0.25) is 0 Å². The maximum Gasteiger partial charge on any atom is 0.127 e. The Kier molecular flexibility index (Phi) is 3.92. The van der Waals surface area contributed by atoms with Crippen molar-refractivity contribution in [3.63, 3.8) is 0 Å². The molecule has 3 aromatic rings. The van der Waals surface area contributed by atoms with Gasteiger partial charge >= 0.3 is 0 Å². The van der Waals surface area contributed by atoms with E-state index in [4.69, 9.17) is 9.15 Å². The zero-order chi connectivity index (χ0) is 14.5. The minimum absolute atomic E-state index is 0.678. The molecule has 1 N–H and O–H groups in total. The summed E-state index contributed by atoms with van der Waals surface area (Å²) in [5.74, 6) is 2.62. The van der Waals surface area contributed by atoms with E-state index in [1.54, 1.807) is 6.26 Å². The number of furan rings is 1. The third-order valence-corrected chi connectivity index (χ3v) is 3.25. The van der Waals surface area contributed by atoms with E-state index >= 15 is 0 Å². The van der Waals surface area contributed by atoms with Crippen molar-refractivity contribution in [1.82, 2.24) is 0 Å². The first-order valence-corrected chi connectivity index (χ1v) is 6.91. The molecule has 21 heavy (non-hydrogen) atoms. The lowest BCUT2D eigenvalue weighted by Crippen LogP contribution is -1.99. The highest BCUT2D eigenvalue weighted by molar-refractivity contribution is 5.47. The molecule has 0 bridgehead atoms. The van der Waals surface area contributed by atoms with E-state index in [2.05, 4.69) is 5.32 Å². The molecule has 106 valence electrons. The average Bonchev–Trinajstić information content (AvgIpc) is 2.93. The van der Waals surface area contributed by atoms with Gasteiger partial charge in [-0.05, 0) is 55.0 Å². The lowest BCUT2D eigenvalue weighted by Gasteiger charge is -2.08. The van der Waals surface area contributed by atoms with Crippen LogP contribution in [0.4, 0.5) is 5.69 Å². The first-order valence-electron chi connectivity index (χ1n) is 6.91. The summed E-state index contributed by atoms with van der Waals surface area (Å²) in [6.45, 7) is 2.72. The Morgan fingerprint density at radius 2 is 1.62 bits per heavy atom. The molecule has 3 heteroatoms. The van der Waals surface area contributed by atoms with Gasteiger partial charge in [-0.1, -0.05) is 18.2 Å². The van der Waals surface area contributed by atoms with Crippen LogP contribution in [0, 0.1) is 6.92 Å². The molecule has 3 nitrogen and oxygen atoms in total. The van der Waals surface area contributed by atoms with Gasteiger partial charge in [-0.25, -0.2) is 0 Å². The van der Waals surface area contributed by atoms with Crippen LogP contribution in [-0.2, 0) is 6.54 Å². The molecule has 0 saturated heterocycles. The lowest BCUT2D eigenvalue weighted by molar-refractivity contribution is 0.483. The number of nitrogens with one attached hydrogen (secondary N) is 1. The van der Waals surface area contributed by atoms with Crippen LogP contribution < -0.4 is 10.1 Å². The fraction of sp³-hybridized carbons (Fsp3) is 0.111. The van der Waals surface area contributed by atoms with Crippen molar-refractivity contribution in [3.05, 3.63) is 78.3 Å². The van der Waals surface area contributed by atoms with E-state index in [-0.39, 0.29) is 0 Å². The minimum atomic E-state index is 0.678. The van der Waals surface area contributed by atoms with Crippen LogP contribution in [0.25, 0.3) is 0 Å². The number of anilines is 1. The molecule has 0 aliphatic carbocycles. The van der Waals surface area contributed by atoms with Crippen molar-refractivity contribution in [1.29, 1.82) is 0 Å². The summed E-state index contributed by atoms with van der Waals surface area (Å²) in [4.78, 5) is 0. The van der Waals surface area contributed by atoms with E-state index in [0.717, 1.165) is 28.5 Å². The summed E-state index contributed by atoms with van der Waals surface area (Å²) in [6, 6.07) is 19.6. The van der Waals surface area contributed by atoms with E-state index < -0.39 is 0 Å². The van der Waals surface area contributed by atoms with Gasteiger partial charge in [-0.15, -0.1) is 0 Å². The molecule has 0 atom stereocenters. The molecule has 3 rings (SSSR count). The van der Waals surface area contributed by atoms with Crippen molar-refractivity contribution in [3.8, 4) is 11.5 Å². The smallest absolute Gasteiger partial charge is 0.127 e. The number of hydrogen-bond donors (Lipinski definition) is 1.